The van der Waals surface area contributed by atoms with E-state index in [0.29, 0.717) is 31.8 Å². The summed E-state index contributed by atoms with van der Waals surface area (Å²) in [6.07, 6.45) is 3.11. The molecule has 0 spiro atoms. The summed E-state index contributed by atoms with van der Waals surface area (Å²) in [5, 5.41) is 4.40. The lowest BCUT2D eigenvalue weighted by molar-refractivity contribution is 0.0133. The van der Waals surface area contributed by atoms with Crippen LogP contribution in [0.3, 0.4) is 0 Å². The number of alkyl halides is 2. The van der Waals surface area contributed by atoms with Crippen LogP contribution < -0.4 is 5.69 Å². The van der Waals surface area contributed by atoms with Gasteiger partial charge in [-0.1, -0.05) is 0 Å². The number of rotatable bonds is 2. The lowest BCUT2D eigenvalue weighted by Gasteiger charge is -2.34. The second kappa shape index (κ2) is 5.56. The fourth-order valence-electron chi connectivity index (χ4n) is 3.54. The second-order valence-electron chi connectivity index (χ2n) is 7.06. The average molecular weight is 341 g/mol. The number of halogens is 2. The Balaban J connectivity index is 1.36. The van der Waals surface area contributed by atoms with Crippen LogP contribution in [-0.2, 0) is 0 Å². The smallest absolute Gasteiger partial charge is 0.324 e. The minimum atomic E-state index is -2.77. The third kappa shape index (κ3) is 2.91. The lowest BCUT2D eigenvalue weighted by Crippen LogP contribution is -2.47. The van der Waals surface area contributed by atoms with Gasteiger partial charge >= 0.3 is 11.7 Å². The van der Waals surface area contributed by atoms with Crippen LogP contribution in [0.5, 0.6) is 0 Å². The molecule has 1 aliphatic carbocycles. The molecule has 1 aromatic rings. The Labute approximate surface area is 137 Å². The molecule has 0 unspecified atom stereocenters. The summed E-state index contributed by atoms with van der Waals surface area (Å²) in [5.41, 5.74) is -0.194. The minimum Gasteiger partial charge on any atom is -0.324 e. The molecule has 1 N–H and O–H groups in total. The van der Waals surface area contributed by atoms with Crippen LogP contribution in [0.2, 0.25) is 0 Å². The highest BCUT2D eigenvalue weighted by Gasteiger charge is 2.42. The fourth-order valence-corrected chi connectivity index (χ4v) is 3.54. The van der Waals surface area contributed by atoms with Crippen molar-refractivity contribution in [3.63, 3.8) is 0 Å². The number of piperidine rings is 1. The molecule has 9 heteroatoms. The Morgan fingerprint density at radius 2 is 1.83 bits per heavy atom. The molecule has 0 atom stereocenters. The highest BCUT2D eigenvalue weighted by molar-refractivity contribution is 5.75. The topological polar surface area (TPSA) is 74.2 Å². The first-order valence-electron chi connectivity index (χ1n) is 8.53. The molecule has 24 heavy (non-hydrogen) atoms. The third-order valence-corrected chi connectivity index (χ3v) is 5.14. The molecule has 2 amide bonds. The van der Waals surface area contributed by atoms with E-state index in [1.807, 2.05) is 0 Å². The Morgan fingerprint density at radius 1 is 1.12 bits per heavy atom. The summed E-state index contributed by atoms with van der Waals surface area (Å²) in [5.74, 6) is -1.62. The molecular weight excluding hydrogens is 320 g/mol. The molecule has 1 saturated carbocycles. The molecule has 4 rings (SSSR count). The van der Waals surface area contributed by atoms with Gasteiger partial charge in [0.1, 0.15) is 5.82 Å². The van der Waals surface area contributed by atoms with Gasteiger partial charge in [0.25, 0.3) is 5.92 Å². The number of amides is 2. The maximum absolute atomic E-state index is 13.3. The predicted octanol–water partition coefficient (Wildman–Crippen LogP) is 1.55. The Hall–Kier alpha value is -1.93. The van der Waals surface area contributed by atoms with Crippen molar-refractivity contribution in [3.8, 4) is 0 Å². The fraction of sp³-hybridized carbons (Fsp3) is 0.800. The molecule has 0 aromatic carbocycles. The molecule has 7 nitrogen and oxygen atoms in total. The molecule has 2 saturated heterocycles. The maximum Gasteiger partial charge on any atom is 0.343 e. The number of H-pyrrole nitrogens is 1. The van der Waals surface area contributed by atoms with Crippen molar-refractivity contribution in [2.75, 3.05) is 26.2 Å². The zero-order valence-corrected chi connectivity index (χ0v) is 13.4. The second-order valence-corrected chi connectivity index (χ2v) is 7.06. The van der Waals surface area contributed by atoms with Crippen LogP contribution in [0.15, 0.2) is 4.79 Å². The van der Waals surface area contributed by atoms with Crippen LogP contribution in [-0.4, -0.2) is 62.7 Å². The molecule has 0 radical (unpaired) electrons. The number of hydrogen-bond donors (Lipinski definition) is 1. The standard InChI is InChI=1S/C15H21F2N5O2/c16-15(17)5-8-21(9-15)14(24)20-6-3-11(4-7-20)22-13(23)18-12(19-22)10-1-2-10/h10-11H,1-9H2,(H,18,19,23). The lowest BCUT2D eigenvalue weighted by atomic mass is 10.1. The number of aromatic amines is 1. The molecule has 3 aliphatic rings. The minimum absolute atomic E-state index is 0.0367. The van der Waals surface area contributed by atoms with E-state index >= 15 is 0 Å². The van der Waals surface area contributed by atoms with E-state index in [2.05, 4.69) is 10.1 Å². The number of hydrogen-bond acceptors (Lipinski definition) is 3. The Bertz CT molecular complexity index is 688. The van der Waals surface area contributed by atoms with Crippen molar-refractivity contribution < 1.29 is 13.6 Å². The summed E-state index contributed by atoms with van der Waals surface area (Å²) in [6, 6.07) is -0.357. The molecule has 3 heterocycles. The molecule has 0 bridgehead atoms. The van der Waals surface area contributed by atoms with E-state index in [1.165, 1.54) is 9.58 Å². The highest BCUT2D eigenvalue weighted by Crippen LogP contribution is 2.37. The van der Waals surface area contributed by atoms with Crippen LogP contribution in [0, 0.1) is 0 Å². The summed E-state index contributed by atoms with van der Waals surface area (Å²) in [4.78, 5) is 30.0. The molecule has 2 aliphatic heterocycles. The van der Waals surface area contributed by atoms with E-state index < -0.39 is 12.5 Å². The van der Waals surface area contributed by atoms with Gasteiger partial charge in [0.05, 0.1) is 12.6 Å². The van der Waals surface area contributed by atoms with E-state index in [-0.39, 0.29) is 30.7 Å². The third-order valence-electron chi connectivity index (χ3n) is 5.14. The van der Waals surface area contributed by atoms with Crippen molar-refractivity contribution in [3.05, 3.63) is 16.3 Å². The average Bonchev–Trinajstić information content (AvgIpc) is 3.24. The predicted molar refractivity (Wildman–Crippen MR) is 81.2 cm³/mol. The van der Waals surface area contributed by atoms with Crippen LogP contribution in [0.1, 0.15) is 49.9 Å². The van der Waals surface area contributed by atoms with E-state index in [4.69, 9.17) is 0 Å². The van der Waals surface area contributed by atoms with Gasteiger partial charge in [0, 0.05) is 32.0 Å². The van der Waals surface area contributed by atoms with E-state index in [1.54, 1.807) is 4.90 Å². The normalized spacial score (nSPS) is 24.6. The zero-order valence-electron chi connectivity index (χ0n) is 13.4. The number of nitrogens with one attached hydrogen (secondary N) is 1. The quantitative estimate of drug-likeness (QED) is 0.887. The van der Waals surface area contributed by atoms with Crippen molar-refractivity contribution in [1.82, 2.24) is 24.6 Å². The largest absolute Gasteiger partial charge is 0.343 e. The van der Waals surface area contributed by atoms with Crippen LogP contribution >= 0.6 is 0 Å². The number of likely N-dealkylation sites (tertiary alicyclic amines) is 2. The summed E-state index contributed by atoms with van der Waals surface area (Å²) in [7, 11) is 0. The van der Waals surface area contributed by atoms with Gasteiger partial charge in [0.15, 0.2) is 0 Å². The Morgan fingerprint density at radius 3 is 2.42 bits per heavy atom. The number of carbonyl (C=O) groups excluding carboxylic acids is 1. The first-order chi connectivity index (χ1) is 11.4. The van der Waals surface area contributed by atoms with Crippen molar-refractivity contribution in [1.29, 1.82) is 0 Å². The van der Waals surface area contributed by atoms with Gasteiger partial charge < -0.3 is 9.80 Å². The van der Waals surface area contributed by atoms with Gasteiger partial charge in [-0.3, -0.25) is 4.98 Å². The monoisotopic (exact) mass is 341 g/mol. The van der Waals surface area contributed by atoms with Gasteiger partial charge in [-0.05, 0) is 25.7 Å². The summed E-state index contributed by atoms with van der Waals surface area (Å²) < 4.78 is 28.0. The maximum atomic E-state index is 13.3. The van der Waals surface area contributed by atoms with Crippen molar-refractivity contribution in [2.24, 2.45) is 0 Å². The molecule has 132 valence electrons. The van der Waals surface area contributed by atoms with Crippen molar-refractivity contribution >= 4 is 6.03 Å². The molecular formula is C15H21F2N5O2. The van der Waals surface area contributed by atoms with Crippen LogP contribution in [0.4, 0.5) is 13.6 Å². The number of carbonyl (C=O) groups is 1. The van der Waals surface area contributed by atoms with Crippen LogP contribution in [0.25, 0.3) is 0 Å². The van der Waals surface area contributed by atoms with Gasteiger partial charge in [-0.15, -0.1) is 0 Å². The zero-order chi connectivity index (χ0) is 16.9. The summed E-state index contributed by atoms with van der Waals surface area (Å²) >= 11 is 0. The Kier molecular flexibility index (Phi) is 3.61. The highest BCUT2D eigenvalue weighted by atomic mass is 19.3. The number of urea groups is 1. The van der Waals surface area contributed by atoms with Gasteiger partial charge in [0.2, 0.25) is 0 Å². The summed E-state index contributed by atoms with van der Waals surface area (Å²) in [6.45, 7) is 0.540. The van der Waals surface area contributed by atoms with Crippen molar-refractivity contribution in [2.45, 2.75) is 50.0 Å². The number of nitrogens with zero attached hydrogens (tertiary/aromatic N) is 4. The van der Waals surface area contributed by atoms with Gasteiger partial charge in [-0.25, -0.2) is 23.1 Å². The molecule has 3 fully saturated rings. The first-order valence-corrected chi connectivity index (χ1v) is 8.53. The van der Waals surface area contributed by atoms with E-state index in [9.17, 15) is 18.4 Å². The van der Waals surface area contributed by atoms with E-state index in [0.717, 1.165) is 18.7 Å². The first kappa shape index (κ1) is 15.6. The SMILES string of the molecule is O=C(N1CCC(n2nc(C3CC3)[nH]c2=O)CC1)N1CCC(F)(F)C1. The van der Waals surface area contributed by atoms with Gasteiger partial charge in [-0.2, -0.15) is 5.10 Å². The number of aromatic nitrogens is 3. The molecule has 1 aromatic heterocycles.